The van der Waals surface area contributed by atoms with Gasteiger partial charge in [0, 0.05) is 56.5 Å². The minimum absolute atomic E-state index is 0.0276. The second-order valence-electron chi connectivity index (χ2n) is 7.43. The van der Waals surface area contributed by atoms with Crippen LogP contribution in [0.15, 0.2) is 24.5 Å². The summed E-state index contributed by atoms with van der Waals surface area (Å²) in [4.78, 5) is 37.8. The minimum Gasteiger partial charge on any atom is -0.338 e. The number of nitrogens with zero attached hydrogens (tertiary/aromatic N) is 5. The Kier molecular flexibility index (Phi) is 4.87. The highest BCUT2D eigenvalue weighted by Gasteiger charge is 2.38. The Bertz CT molecular complexity index is 821. The number of aromatic nitrogens is 4. The third-order valence-electron chi connectivity index (χ3n) is 5.45. The number of nitrogens with one attached hydrogen (secondary N) is 1. The van der Waals surface area contributed by atoms with Gasteiger partial charge in [-0.05, 0) is 37.8 Å². The van der Waals surface area contributed by atoms with Crippen LogP contribution in [0, 0.1) is 12.8 Å². The van der Waals surface area contributed by atoms with Gasteiger partial charge in [-0.15, -0.1) is 0 Å². The maximum absolute atomic E-state index is 12.8. The lowest BCUT2D eigenvalue weighted by atomic mass is 9.94. The monoisotopic (exact) mass is 368 g/mol. The number of carbonyl (C=O) groups is 2. The van der Waals surface area contributed by atoms with Crippen LogP contribution in [0.4, 0.5) is 0 Å². The first-order chi connectivity index (χ1) is 13.1. The largest absolute Gasteiger partial charge is 0.338 e. The highest BCUT2D eigenvalue weighted by Crippen LogP contribution is 2.29. The summed E-state index contributed by atoms with van der Waals surface area (Å²) < 4.78 is 0. The Morgan fingerprint density at radius 3 is 2.74 bits per heavy atom. The molecule has 8 heteroatoms. The van der Waals surface area contributed by atoms with Gasteiger partial charge >= 0.3 is 0 Å². The second-order valence-corrected chi connectivity index (χ2v) is 7.43. The number of hydrogen-bond acceptors (Lipinski definition) is 5. The molecule has 142 valence electrons. The van der Waals surface area contributed by atoms with Gasteiger partial charge in [0.05, 0.1) is 0 Å². The third kappa shape index (κ3) is 3.84. The topological polar surface area (TPSA) is 95.1 Å². The standard InChI is InChI=1S/C19H24N6O2/c1-13-21-17(23-22-13)4-5-18(26)25-11-14-2-3-16(25)12-24(10-14)19(27)15-6-8-20-9-7-15/h6-9,14,16H,2-5,10-12H2,1H3,(H,21,22,23)/t14-,16+/m0/s1. The molecular weight excluding hydrogens is 344 g/mol. The number of H-pyrrole nitrogens is 1. The lowest BCUT2D eigenvalue weighted by Gasteiger charge is -2.36. The van der Waals surface area contributed by atoms with Gasteiger partial charge in [-0.3, -0.25) is 19.7 Å². The van der Waals surface area contributed by atoms with Gasteiger partial charge in [0.2, 0.25) is 5.91 Å². The fraction of sp³-hybridized carbons (Fsp3) is 0.526. The van der Waals surface area contributed by atoms with E-state index in [1.165, 1.54) is 0 Å². The molecular formula is C19H24N6O2. The van der Waals surface area contributed by atoms with Crippen LogP contribution in [0.3, 0.4) is 0 Å². The van der Waals surface area contributed by atoms with Crippen molar-refractivity contribution in [2.24, 2.45) is 5.92 Å². The van der Waals surface area contributed by atoms with Crippen molar-refractivity contribution in [3.8, 4) is 0 Å². The number of rotatable bonds is 4. The van der Waals surface area contributed by atoms with Crippen molar-refractivity contribution >= 4 is 11.8 Å². The first-order valence-corrected chi connectivity index (χ1v) is 9.47. The van der Waals surface area contributed by atoms with Crippen molar-refractivity contribution in [3.05, 3.63) is 41.7 Å². The van der Waals surface area contributed by atoms with E-state index < -0.39 is 0 Å². The smallest absolute Gasteiger partial charge is 0.254 e. The fourth-order valence-corrected chi connectivity index (χ4v) is 4.09. The Balaban J connectivity index is 1.42. The summed E-state index contributed by atoms with van der Waals surface area (Å²) in [5.41, 5.74) is 0.657. The summed E-state index contributed by atoms with van der Waals surface area (Å²) in [5, 5.41) is 6.91. The molecule has 0 aliphatic carbocycles. The van der Waals surface area contributed by atoms with E-state index in [4.69, 9.17) is 0 Å². The lowest BCUT2D eigenvalue weighted by molar-refractivity contribution is -0.135. The van der Waals surface area contributed by atoms with Crippen LogP contribution in [-0.2, 0) is 11.2 Å². The molecule has 5 heterocycles. The molecule has 0 saturated carbocycles. The summed E-state index contributed by atoms with van der Waals surface area (Å²) in [6.07, 6.45) is 6.24. The van der Waals surface area contributed by atoms with Crippen molar-refractivity contribution in [2.75, 3.05) is 19.6 Å². The third-order valence-corrected chi connectivity index (χ3v) is 5.45. The van der Waals surface area contributed by atoms with E-state index in [-0.39, 0.29) is 17.9 Å². The zero-order chi connectivity index (χ0) is 18.8. The molecule has 2 bridgehead atoms. The zero-order valence-electron chi connectivity index (χ0n) is 15.5. The van der Waals surface area contributed by atoms with Crippen molar-refractivity contribution < 1.29 is 9.59 Å². The summed E-state index contributed by atoms with van der Waals surface area (Å²) >= 11 is 0. The van der Waals surface area contributed by atoms with Crippen LogP contribution < -0.4 is 0 Å². The van der Waals surface area contributed by atoms with Crippen molar-refractivity contribution in [1.82, 2.24) is 30.0 Å². The van der Waals surface area contributed by atoms with Crippen LogP contribution >= 0.6 is 0 Å². The number of aryl methyl sites for hydroxylation is 2. The first kappa shape index (κ1) is 17.6. The predicted octanol–water partition coefficient (Wildman–Crippen LogP) is 1.20. The van der Waals surface area contributed by atoms with Crippen LogP contribution in [-0.4, -0.2) is 67.5 Å². The summed E-state index contributed by atoms with van der Waals surface area (Å²) in [6.45, 7) is 3.89. The SMILES string of the molecule is Cc1nc(CCC(=O)N2C[C@H]3CC[C@@H]2CN(C(=O)c2ccncc2)C3)n[nH]1. The number of hydrogen-bond donors (Lipinski definition) is 1. The molecule has 27 heavy (non-hydrogen) atoms. The van der Waals surface area contributed by atoms with Gasteiger partial charge in [-0.2, -0.15) is 5.10 Å². The molecule has 3 aliphatic rings. The summed E-state index contributed by atoms with van der Waals surface area (Å²) in [6, 6.07) is 3.59. The number of pyridine rings is 1. The predicted molar refractivity (Wildman–Crippen MR) is 97.8 cm³/mol. The highest BCUT2D eigenvalue weighted by atomic mass is 16.2. The molecule has 0 unspecified atom stereocenters. The molecule has 5 rings (SSSR count). The minimum atomic E-state index is 0.0276. The number of carbonyl (C=O) groups excluding carboxylic acids is 2. The van der Waals surface area contributed by atoms with Gasteiger partial charge in [0.25, 0.3) is 5.91 Å². The Labute approximate surface area is 158 Å². The number of amides is 2. The highest BCUT2D eigenvalue weighted by molar-refractivity contribution is 5.94. The summed E-state index contributed by atoms with van der Waals surface area (Å²) in [7, 11) is 0. The van der Waals surface area contributed by atoms with Gasteiger partial charge in [0.15, 0.2) is 5.82 Å². The average Bonchev–Trinajstić information content (AvgIpc) is 2.91. The molecule has 3 saturated heterocycles. The normalized spacial score (nSPS) is 22.0. The lowest BCUT2D eigenvalue weighted by Crippen LogP contribution is -2.47. The van der Waals surface area contributed by atoms with Crippen molar-refractivity contribution in [1.29, 1.82) is 0 Å². The summed E-state index contributed by atoms with van der Waals surface area (Å²) in [5.74, 6) is 1.93. The van der Waals surface area contributed by atoms with Crippen LogP contribution in [0.5, 0.6) is 0 Å². The molecule has 0 aromatic carbocycles. The fourth-order valence-electron chi connectivity index (χ4n) is 4.09. The van der Waals surface area contributed by atoms with E-state index in [0.717, 1.165) is 25.2 Å². The van der Waals surface area contributed by atoms with Crippen LogP contribution in [0.1, 0.15) is 41.3 Å². The van der Waals surface area contributed by atoms with Gasteiger partial charge < -0.3 is 9.80 Å². The molecule has 2 aromatic rings. The van der Waals surface area contributed by atoms with E-state index in [2.05, 4.69) is 20.2 Å². The molecule has 3 aliphatic heterocycles. The van der Waals surface area contributed by atoms with E-state index in [1.807, 2.05) is 16.7 Å². The Morgan fingerprint density at radius 2 is 2.00 bits per heavy atom. The Morgan fingerprint density at radius 1 is 1.19 bits per heavy atom. The van der Waals surface area contributed by atoms with Crippen molar-refractivity contribution in [3.63, 3.8) is 0 Å². The van der Waals surface area contributed by atoms with Crippen LogP contribution in [0.2, 0.25) is 0 Å². The van der Waals surface area contributed by atoms with Crippen LogP contribution in [0.25, 0.3) is 0 Å². The molecule has 0 spiro atoms. The maximum atomic E-state index is 12.8. The molecule has 2 atom stereocenters. The molecule has 2 aromatic heterocycles. The zero-order valence-corrected chi connectivity index (χ0v) is 15.5. The average molecular weight is 368 g/mol. The van der Waals surface area contributed by atoms with E-state index >= 15 is 0 Å². The molecule has 1 N–H and O–H groups in total. The Hall–Kier alpha value is -2.77. The maximum Gasteiger partial charge on any atom is 0.254 e. The molecule has 8 nitrogen and oxygen atoms in total. The number of piperidine rings is 1. The van der Waals surface area contributed by atoms with E-state index in [1.54, 1.807) is 24.5 Å². The number of fused-ring (bicyclic) bond motifs is 4. The van der Waals surface area contributed by atoms with Crippen molar-refractivity contribution in [2.45, 2.75) is 38.6 Å². The van der Waals surface area contributed by atoms with E-state index in [9.17, 15) is 9.59 Å². The molecule has 3 fully saturated rings. The van der Waals surface area contributed by atoms with Gasteiger partial charge in [0.1, 0.15) is 5.82 Å². The number of aromatic amines is 1. The van der Waals surface area contributed by atoms with Gasteiger partial charge in [-0.25, -0.2) is 4.98 Å². The second kappa shape index (κ2) is 7.46. The van der Waals surface area contributed by atoms with Gasteiger partial charge in [-0.1, -0.05) is 0 Å². The quantitative estimate of drug-likeness (QED) is 0.875. The molecule has 2 amide bonds. The molecule has 0 radical (unpaired) electrons. The van der Waals surface area contributed by atoms with E-state index in [0.29, 0.717) is 43.2 Å². The first-order valence-electron chi connectivity index (χ1n) is 9.47.